The van der Waals surface area contributed by atoms with Crippen molar-refractivity contribution in [1.29, 1.82) is 0 Å². The Balaban J connectivity index is 2.13. The van der Waals surface area contributed by atoms with Crippen molar-refractivity contribution in [1.82, 2.24) is 5.32 Å². The molecule has 0 atom stereocenters. The largest absolute Gasteiger partial charge is 0.489 e. The summed E-state index contributed by atoms with van der Waals surface area (Å²) in [5.74, 6) is -10.2. The molecule has 0 aromatic heterocycles. The number of amides is 1. The van der Waals surface area contributed by atoms with E-state index >= 15 is 0 Å². The molecular weight excluding hydrogens is 333 g/mol. The minimum Gasteiger partial charge on any atom is -0.489 e. The SMILES string of the molecule is CNC(=O)Cc1ccc(OCc2c(F)c(F)c(F)c(F)c2F)cc1. The highest BCUT2D eigenvalue weighted by Crippen LogP contribution is 2.24. The van der Waals surface area contributed by atoms with Crippen molar-refractivity contribution in [3.8, 4) is 5.75 Å². The lowest BCUT2D eigenvalue weighted by Crippen LogP contribution is -2.19. The Kier molecular flexibility index (Phi) is 5.38. The van der Waals surface area contributed by atoms with Crippen molar-refractivity contribution in [2.45, 2.75) is 13.0 Å². The second kappa shape index (κ2) is 7.29. The van der Waals surface area contributed by atoms with E-state index in [-0.39, 0.29) is 18.1 Å². The van der Waals surface area contributed by atoms with Gasteiger partial charge in [-0.2, -0.15) is 0 Å². The fourth-order valence-electron chi connectivity index (χ4n) is 1.91. The summed E-state index contributed by atoms with van der Waals surface area (Å²) in [5, 5.41) is 2.45. The first-order chi connectivity index (χ1) is 11.3. The predicted molar refractivity (Wildman–Crippen MR) is 74.8 cm³/mol. The van der Waals surface area contributed by atoms with Crippen molar-refractivity contribution in [3.63, 3.8) is 0 Å². The fourth-order valence-corrected chi connectivity index (χ4v) is 1.91. The van der Waals surface area contributed by atoms with Gasteiger partial charge in [-0.25, -0.2) is 22.0 Å². The lowest BCUT2D eigenvalue weighted by molar-refractivity contribution is -0.119. The van der Waals surface area contributed by atoms with Crippen molar-refractivity contribution < 1.29 is 31.5 Å². The molecule has 0 fully saturated rings. The highest BCUT2D eigenvalue weighted by molar-refractivity contribution is 5.78. The first-order valence-corrected chi connectivity index (χ1v) is 6.77. The molecule has 1 N–H and O–H groups in total. The van der Waals surface area contributed by atoms with E-state index in [9.17, 15) is 26.7 Å². The summed E-state index contributed by atoms with van der Waals surface area (Å²) in [5.41, 5.74) is -0.390. The standard InChI is InChI=1S/C16H12F5NO2/c1-22-11(23)6-8-2-4-9(5-3-8)24-7-10-12(17)14(19)16(21)15(20)13(10)18/h2-5H,6-7H2,1H3,(H,22,23). The molecule has 0 saturated carbocycles. The second-order valence-corrected chi connectivity index (χ2v) is 4.83. The molecule has 24 heavy (non-hydrogen) atoms. The van der Waals surface area contributed by atoms with Gasteiger partial charge in [0.2, 0.25) is 11.7 Å². The Hall–Kier alpha value is -2.64. The highest BCUT2D eigenvalue weighted by atomic mass is 19.2. The van der Waals surface area contributed by atoms with Crippen molar-refractivity contribution in [2.24, 2.45) is 0 Å². The number of rotatable bonds is 5. The monoisotopic (exact) mass is 345 g/mol. The number of likely N-dealkylation sites (N-methyl/N-ethyl adjacent to an activating group) is 1. The molecule has 0 radical (unpaired) electrons. The summed E-state index contributed by atoms with van der Waals surface area (Å²) in [6.45, 7) is -0.833. The molecule has 8 heteroatoms. The first kappa shape index (κ1) is 17.7. The zero-order valence-corrected chi connectivity index (χ0v) is 12.4. The number of ether oxygens (including phenoxy) is 1. The van der Waals surface area contributed by atoms with E-state index in [1.165, 1.54) is 19.2 Å². The van der Waals surface area contributed by atoms with Crippen LogP contribution in [0.2, 0.25) is 0 Å². The van der Waals surface area contributed by atoms with Crippen LogP contribution in [-0.2, 0) is 17.8 Å². The molecule has 3 nitrogen and oxygen atoms in total. The van der Waals surface area contributed by atoms with Gasteiger partial charge in [-0.15, -0.1) is 0 Å². The second-order valence-electron chi connectivity index (χ2n) is 4.83. The maximum absolute atomic E-state index is 13.5. The molecule has 0 bridgehead atoms. The summed E-state index contributed by atoms with van der Waals surface area (Å²) in [6.07, 6.45) is 0.133. The van der Waals surface area contributed by atoms with Gasteiger partial charge in [0, 0.05) is 7.05 Å². The summed E-state index contributed by atoms with van der Waals surface area (Å²) in [4.78, 5) is 11.2. The van der Waals surface area contributed by atoms with Crippen molar-refractivity contribution >= 4 is 5.91 Å². The molecule has 2 rings (SSSR count). The van der Waals surface area contributed by atoms with E-state index in [4.69, 9.17) is 4.74 Å². The highest BCUT2D eigenvalue weighted by Gasteiger charge is 2.25. The van der Waals surface area contributed by atoms with Gasteiger partial charge in [-0.3, -0.25) is 4.79 Å². The minimum absolute atomic E-state index is 0.133. The third-order valence-corrected chi connectivity index (χ3v) is 3.25. The number of benzene rings is 2. The van der Waals surface area contributed by atoms with Gasteiger partial charge >= 0.3 is 0 Å². The number of carbonyl (C=O) groups is 1. The van der Waals surface area contributed by atoms with Crippen LogP contribution in [0.4, 0.5) is 22.0 Å². The molecule has 0 aliphatic rings. The van der Waals surface area contributed by atoms with Crippen LogP contribution in [-0.4, -0.2) is 13.0 Å². The third kappa shape index (κ3) is 3.64. The first-order valence-electron chi connectivity index (χ1n) is 6.77. The minimum atomic E-state index is -2.22. The molecule has 2 aromatic carbocycles. The van der Waals surface area contributed by atoms with Gasteiger partial charge in [0.15, 0.2) is 23.3 Å². The van der Waals surface area contributed by atoms with Crippen molar-refractivity contribution in [2.75, 3.05) is 7.05 Å². The third-order valence-electron chi connectivity index (χ3n) is 3.25. The molecule has 0 saturated heterocycles. The average Bonchev–Trinajstić information content (AvgIpc) is 2.59. The average molecular weight is 345 g/mol. The predicted octanol–water partition coefficient (Wildman–Crippen LogP) is 3.25. The lowest BCUT2D eigenvalue weighted by atomic mass is 10.1. The van der Waals surface area contributed by atoms with Gasteiger partial charge in [-0.1, -0.05) is 12.1 Å². The van der Waals surface area contributed by atoms with Gasteiger partial charge in [0.1, 0.15) is 12.4 Å². The van der Waals surface area contributed by atoms with Crippen LogP contribution >= 0.6 is 0 Å². The Bertz CT molecular complexity index is 733. The molecule has 1 amide bonds. The number of nitrogens with one attached hydrogen (secondary N) is 1. The van der Waals surface area contributed by atoms with Crippen LogP contribution in [0.1, 0.15) is 11.1 Å². The number of hydrogen-bond donors (Lipinski definition) is 1. The maximum atomic E-state index is 13.5. The molecule has 0 heterocycles. The Morgan fingerprint density at radius 2 is 1.42 bits per heavy atom. The van der Waals surface area contributed by atoms with E-state index in [0.29, 0.717) is 5.56 Å². The van der Waals surface area contributed by atoms with Gasteiger partial charge in [-0.05, 0) is 17.7 Å². The van der Waals surface area contributed by atoms with Crippen LogP contribution in [0, 0.1) is 29.1 Å². The molecule has 2 aromatic rings. The summed E-state index contributed by atoms with van der Waals surface area (Å²) in [7, 11) is 1.49. The van der Waals surface area contributed by atoms with Crippen LogP contribution in [0.15, 0.2) is 24.3 Å². The van der Waals surface area contributed by atoms with Crippen LogP contribution in [0.25, 0.3) is 0 Å². The topological polar surface area (TPSA) is 38.3 Å². The Morgan fingerprint density at radius 3 is 1.92 bits per heavy atom. The van der Waals surface area contributed by atoms with E-state index in [1.54, 1.807) is 12.1 Å². The molecule has 0 spiro atoms. The van der Waals surface area contributed by atoms with Crippen molar-refractivity contribution in [3.05, 3.63) is 64.5 Å². The van der Waals surface area contributed by atoms with E-state index in [1.807, 2.05) is 0 Å². The Labute approximate surface area is 134 Å². The van der Waals surface area contributed by atoms with Gasteiger partial charge in [0.25, 0.3) is 0 Å². The molecule has 0 aliphatic heterocycles. The van der Waals surface area contributed by atoms with E-state index in [0.717, 1.165) is 0 Å². The zero-order valence-electron chi connectivity index (χ0n) is 12.4. The molecule has 128 valence electrons. The maximum Gasteiger partial charge on any atom is 0.224 e. The van der Waals surface area contributed by atoms with Crippen LogP contribution < -0.4 is 10.1 Å². The quantitative estimate of drug-likeness (QED) is 0.513. The van der Waals surface area contributed by atoms with Gasteiger partial charge in [0.05, 0.1) is 12.0 Å². The number of hydrogen-bond acceptors (Lipinski definition) is 2. The normalized spacial score (nSPS) is 10.6. The fraction of sp³-hybridized carbons (Fsp3) is 0.188. The summed E-state index contributed by atoms with van der Waals surface area (Å²) in [6, 6.07) is 5.93. The Morgan fingerprint density at radius 1 is 0.917 bits per heavy atom. The van der Waals surface area contributed by atoms with Gasteiger partial charge < -0.3 is 10.1 Å². The van der Waals surface area contributed by atoms with E-state index in [2.05, 4.69) is 5.32 Å². The lowest BCUT2D eigenvalue weighted by Gasteiger charge is -2.10. The molecular formula is C16H12F5NO2. The number of carbonyl (C=O) groups excluding carboxylic acids is 1. The van der Waals surface area contributed by atoms with Crippen LogP contribution in [0.3, 0.4) is 0 Å². The zero-order chi connectivity index (χ0) is 17.9. The van der Waals surface area contributed by atoms with Crippen LogP contribution in [0.5, 0.6) is 5.75 Å². The van der Waals surface area contributed by atoms with E-state index < -0.39 is 41.3 Å². The smallest absolute Gasteiger partial charge is 0.224 e. The summed E-state index contributed by atoms with van der Waals surface area (Å²) >= 11 is 0. The molecule has 0 aliphatic carbocycles. The summed E-state index contributed by atoms with van der Waals surface area (Å²) < 4.78 is 71.2. The number of halogens is 5. The molecule has 0 unspecified atom stereocenters.